The summed E-state index contributed by atoms with van der Waals surface area (Å²) >= 11 is 15.1. The molecule has 12 heteroatoms. The maximum absolute atomic E-state index is 12.9. The van der Waals surface area contributed by atoms with Gasteiger partial charge in [-0.3, -0.25) is 14.5 Å². The van der Waals surface area contributed by atoms with E-state index in [1.54, 1.807) is 0 Å². The lowest BCUT2D eigenvalue weighted by Crippen LogP contribution is -2.44. The second-order valence-corrected chi connectivity index (χ2v) is 14.3. The Morgan fingerprint density at radius 3 is 2.72 bits per heavy atom. The molecule has 0 saturated carbocycles. The predicted molar refractivity (Wildman–Crippen MR) is 190 cm³/mol. The molecule has 6 rings (SSSR count). The second kappa shape index (κ2) is 15.0. The van der Waals surface area contributed by atoms with Crippen LogP contribution in [-0.4, -0.2) is 57.6 Å². The molecule has 1 fully saturated rings. The van der Waals surface area contributed by atoms with Crippen LogP contribution in [0.2, 0.25) is 10.0 Å². The van der Waals surface area contributed by atoms with Crippen LogP contribution in [0.25, 0.3) is 22.2 Å². The monoisotopic (exact) mass is 692 g/mol. The van der Waals surface area contributed by atoms with Gasteiger partial charge in [-0.1, -0.05) is 71.4 Å². The van der Waals surface area contributed by atoms with E-state index in [-0.39, 0.29) is 17.9 Å². The minimum Gasteiger partial charge on any atom is -0.361 e. The number of hydrogen-bond donors (Lipinski definition) is 4. The quantitative estimate of drug-likeness (QED) is 0.111. The molecule has 8 nitrogen and oxygen atoms in total. The van der Waals surface area contributed by atoms with Crippen molar-refractivity contribution in [2.24, 2.45) is 5.73 Å². The largest absolute Gasteiger partial charge is 0.361 e. The van der Waals surface area contributed by atoms with Crippen LogP contribution in [0, 0.1) is 0 Å². The van der Waals surface area contributed by atoms with E-state index in [0.29, 0.717) is 27.9 Å². The Morgan fingerprint density at radius 2 is 1.89 bits per heavy atom. The van der Waals surface area contributed by atoms with Crippen LogP contribution >= 0.6 is 46.3 Å². The van der Waals surface area contributed by atoms with Gasteiger partial charge >= 0.3 is 0 Å². The highest BCUT2D eigenvalue weighted by atomic mass is 35.5. The van der Waals surface area contributed by atoms with E-state index < -0.39 is 6.04 Å². The number of thiazole rings is 1. The van der Waals surface area contributed by atoms with Gasteiger partial charge in [0.25, 0.3) is 0 Å². The average molecular weight is 694 g/mol. The number of carbonyl (C=O) groups is 2. The number of piperidine rings is 1. The lowest BCUT2D eigenvalue weighted by atomic mass is 10.0. The van der Waals surface area contributed by atoms with Crippen molar-refractivity contribution in [2.75, 3.05) is 24.2 Å². The average Bonchev–Trinajstić information content (AvgIpc) is 3.70. The number of rotatable bonds is 11. The number of fused-ring (bicyclic) bond motifs is 1. The summed E-state index contributed by atoms with van der Waals surface area (Å²) in [5.41, 5.74) is 11.8. The van der Waals surface area contributed by atoms with Crippen molar-refractivity contribution in [1.82, 2.24) is 20.2 Å². The topological polar surface area (TPSA) is 116 Å². The Morgan fingerprint density at radius 1 is 1.07 bits per heavy atom. The molecule has 3 heterocycles. The van der Waals surface area contributed by atoms with Crippen LogP contribution in [0.15, 0.2) is 82.6 Å². The smallest absolute Gasteiger partial charge is 0.241 e. The van der Waals surface area contributed by atoms with Gasteiger partial charge in [-0.15, -0.1) is 11.3 Å². The van der Waals surface area contributed by atoms with Crippen molar-refractivity contribution >= 4 is 74.7 Å². The predicted octanol–water partition coefficient (Wildman–Crippen LogP) is 6.98. The Labute approximate surface area is 286 Å². The zero-order chi connectivity index (χ0) is 32.0. The van der Waals surface area contributed by atoms with E-state index in [4.69, 9.17) is 33.9 Å². The number of para-hydroxylation sites is 1. The third-order valence-electron chi connectivity index (χ3n) is 8.03. The molecule has 238 valence electrons. The maximum atomic E-state index is 12.9. The summed E-state index contributed by atoms with van der Waals surface area (Å²) in [4.78, 5) is 36.0. The minimum atomic E-state index is -0.696. The lowest BCUT2D eigenvalue weighted by molar-refractivity contribution is -0.119. The third-order valence-corrected chi connectivity index (χ3v) is 10.8. The summed E-state index contributed by atoms with van der Waals surface area (Å²) in [6.07, 6.45) is 4.14. The maximum Gasteiger partial charge on any atom is 0.241 e. The molecule has 0 bridgehead atoms. The number of halogens is 2. The van der Waals surface area contributed by atoms with Crippen LogP contribution in [0.5, 0.6) is 0 Å². The van der Waals surface area contributed by atoms with E-state index >= 15 is 0 Å². The van der Waals surface area contributed by atoms with Crippen molar-refractivity contribution in [1.29, 1.82) is 0 Å². The van der Waals surface area contributed by atoms with Gasteiger partial charge in [0.05, 0.1) is 27.5 Å². The fourth-order valence-electron chi connectivity index (χ4n) is 5.61. The molecule has 0 aliphatic carbocycles. The zero-order valence-corrected chi connectivity index (χ0v) is 28.1. The fraction of sp³-hybridized carbons (Fsp3) is 0.265. The molecule has 5 aromatic rings. The Bertz CT molecular complexity index is 1840. The van der Waals surface area contributed by atoms with E-state index in [2.05, 4.69) is 20.5 Å². The van der Waals surface area contributed by atoms with Crippen LogP contribution in [-0.2, 0) is 22.6 Å². The summed E-state index contributed by atoms with van der Waals surface area (Å²) in [6, 6.07) is 20.7. The highest BCUT2D eigenvalue weighted by Crippen LogP contribution is 2.30. The van der Waals surface area contributed by atoms with Crippen molar-refractivity contribution < 1.29 is 9.59 Å². The van der Waals surface area contributed by atoms with E-state index in [1.165, 1.54) is 23.1 Å². The van der Waals surface area contributed by atoms with Crippen LogP contribution < -0.4 is 16.4 Å². The molecule has 46 heavy (non-hydrogen) atoms. The molecule has 1 saturated heterocycles. The number of nitrogens with two attached hydrogens (primary N) is 1. The van der Waals surface area contributed by atoms with Gasteiger partial charge < -0.3 is 21.4 Å². The summed E-state index contributed by atoms with van der Waals surface area (Å²) < 4.78 is 0.816. The van der Waals surface area contributed by atoms with Crippen molar-refractivity contribution in [3.05, 3.63) is 99.5 Å². The number of nitrogens with one attached hydrogen (secondary N) is 3. The first kappa shape index (κ1) is 32.6. The summed E-state index contributed by atoms with van der Waals surface area (Å²) in [6.45, 7) is 2.63. The highest BCUT2D eigenvalue weighted by Gasteiger charge is 2.22. The summed E-state index contributed by atoms with van der Waals surface area (Å²) in [7, 11) is 0. The SMILES string of the molecule is NC(Cc1c[nH]c2ccccc12)C(=O)Nc1cccc(-c2csc(SCC(=O)NC3CCN(Cc4ccc(Cl)c(Cl)c4)CC3)n2)c1. The van der Waals surface area contributed by atoms with Gasteiger partial charge in [0.15, 0.2) is 4.34 Å². The number of amides is 2. The molecule has 3 aromatic carbocycles. The number of aromatic amines is 1. The standard InChI is InChI=1S/C34H34Cl2N6O2S2/c35-27-9-8-21(14-28(27)36)18-42-12-10-24(11-13-42)39-32(43)20-46-34-41-31(19-45-34)22-4-3-5-25(15-22)40-33(44)29(37)16-23-17-38-30-7-2-1-6-26(23)30/h1-9,14-15,17,19,24,29,38H,10-13,16,18,20,37H2,(H,39,43)(H,40,44). The van der Waals surface area contributed by atoms with Crippen molar-refractivity contribution in [2.45, 2.75) is 42.2 Å². The van der Waals surface area contributed by atoms with E-state index in [9.17, 15) is 9.59 Å². The molecular weight excluding hydrogens is 659 g/mol. The van der Waals surface area contributed by atoms with Gasteiger partial charge in [0.2, 0.25) is 11.8 Å². The summed E-state index contributed by atoms with van der Waals surface area (Å²) in [5.74, 6) is 0.0689. The first-order chi connectivity index (χ1) is 22.3. The number of nitrogens with zero attached hydrogens (tertiary/aromatic N) is 2. The molecule has 1 aliphatic rings. The Balaban J connectivity index is 0.952. The zero-order valence-electron chi connectivity index (χ0n) is 25.0. The molecule has 0 spiro atoms. The number of hydrogen-bond acceptors (Lipinski definition) is 7. The van der Waals surface area contributed by atoms with Crippen LogP contribution in [0.3, 0.4) is 0 Å². The molecule has 1 atom stereocenters. The Hall–Kier alpha value is -3.38. The molecule has 5 N–H and O–H groups in total. The van der Waals surface area contributed by atoms with E-state index in [0.717, 1.165) is 70.1 Å². The first-order valence-electron chi connectivity index (χ1n) is 15.1. The molecule has 2 aromatic heterocycles. The van der Waals surface area contributed by atoms with Crippen molar-refractivity contribution in [3.63, 3.8) is 0 Å². The second-order valence-electron chi connectivity index (χ2n) is 11.4. The van der Waals surface area contributed by atoms with Crippen LogP contribution in [0.1, 0.15) is 24.0 Å². The molecule has 1 aliphatic heterocycles. The van der Waals surface area contributed by atoms with Crippen LogP contribution in [0.4, 0.5) is 5.69 Å². The Kier molecular flexibility index (Phi) is 10.6. The fourth-order valence-corrected chi connectivity index (χ4v) is 7.57. The lowest BCUT2D eigenvalue weighted by Gasteiger charge is -2.32. The number of likely N-dealkylation sites (tertiary alicyclic amines) is 1. The normalized spacial score (nSPS) is 14.8. The number of aromatic nitrogens is 2. The van der Waals surface area contributed by atoms with E-state index in [1.807, 2.05) is 78.3 Å². The van der Waals surface area contributed by atoms with Gasteiger partial charge in [0.1, 0.15) is 0 Å². The molecular formula is C34H34Cl2N6O2S2. The van der Waals surface area contributed by atoms with Gasteiger partial charge in [-0.25, -0.2) is 4.98 Å². The van der Waals surface area contributed by atoms with Gasteiger partial charge in [-0.2, -0.15) is 0 Å². The first-order valence-corrected chi connectivity index (χ1v) is 17.7. The van der Waals surface area contributed by atoms with Gasteiger partial charge in [-0.05, 0) is 60.7 Å². The number of benzene rings is 3. The molecule has 0 radical (unpaired) electrons. The van der Waals surface area contributed by atoms with Crippen molar-refractivity contribution in [3.8, 4) is 11.3 Å². The number of H-pyrrole nitrogens is 1. The molecule has 1 unspecified atom stereocenters. The number of thioether (sulfide) groups is 1. The minimum absolute atomic E-state index is 0.0124. The number of anilines is 1. The number of carbonyl (C=O) groups excluding carboxylic acids is 2. The summed E-state index contributed by atoms with van der Waals surface area (Å²) in [5, 5.41) is 10.3. The molecule has 2 amide bonds. The highest BCUT2D eigenvalue weighted by molar-refractivity contribution is 8.01. The third kappa shape index (κ3) is 8.31. The van der Waals surface area contributed by atoms with Gasteiger partial charge in [0, 0.05) is 59.4 Å².